The number of methoxy groups -OCH3 is 1. The Morgan fingerprint density at radius 1 is 0.905 bits per heavy atom. The molecule has 1 heterocycles. The lowest BCUT2D eigenvalue weighted by Gasteiger charge is -2.37. The van der Waals surface area contributed by atoms with E-state index in [1.807, 2.05) is 32.6 Å². The Bertz CT molecular complexity index is 1760. The third-order valence-electron chi connectivity index (χ3n) is 13.1. The summed E-state index contributed by atoms with van der Waals surface area (Å²) in [7, 11) is 4.56. The molecule has 1 saturated carbocycles. The molecule has 1 saturated heterocycles. The molecule has 17 nitrogen and oxygen atoms in total. The van der Waals surface area contributed by atoms with Crippen LogP contribution in [0.15, 0.2) is 24.3 Å². The number of carbonyl (C=O) groups excluding carboxylic acids is 8. The van der Waals surface area contributed by atoms with Crippen LogP contribution in [-0.4, -0.2) is 133 Å². The molecule has 0 radical (unpaired) electrons. The maximum Gasteiger partial charge on any atom is 0.410 e. The van der Waals surface area contributed by atoms with Crippen molar-refractivity contribution in [3.05, 3.63) is 29.8 Å². The molecule has 4 N–H and O–H groups in total. The summed E-state index contributed by atoms with van der Waals surface area (Å²) in [6.45, 7) is 15.4. The molecule has 0 spiro atoms. The lowest BCUT2D eigenvalue weighted by atomic mass is 9.91. The number of ether oxygens (including phenoxy) is 2. The van der Waals surface area contributed by atoms with Crippen LogP contribution in [0, 0.1) is 29.6 Å². The van der Waals surface area contributed by atoms with Gasteiger partial charge in [0.1, 0.15) is 25.0 Å². The van der Waals surface area contributed by atoms with E-state index < -0.39 is 42.0 Å². The lowest BCUT2D eigenvalue weighted by molar-refractivity contribution is -0.139. The van der Waals surface area contributed by atoms with Crippen LogP contribution in [0.3, 0.4) is 0 Å². The quantitative estimate of drug-likeness (QED) is 0.0779. The van der Waals surface area contributed by atoms with E-state index in [9.17, 15) is 38.4 Å². The number of nitrogens with zero attached hydrogens (tertiary/aromatic N) is 3. The van der Waals surface area contributed by atoms with E-state index in [1.165, 1.54) is 24.0 Å². The number of piperidine rings is 1. The van der Waals surface area contributed by atoms with E-state index in [2.05, 4.69) is 35.1 Å². The number of amides is 7. The fourth-order valence-electron chi connectivity index (χ4n) is 8.81. The van der Waals surface area contributed by atoms with Gasteiger partial charge in [0.25, 0.3) is 0 Å². The standard InChI is InChI=1S/C46H73N7O10/c1-12-30(6)42(35(62-11)21-23-54)51(9)39(58)26-48-44(60)41(29(4)5)52(10)45(61)63-27-32-17-19-33(20-18-32)49-37(56)25-47-43(59)40(28(2)3)50-36(55)16-14-13-15-22-53-38(57)24-34-31(7)46(34,53)8/h17-20,23,28-31,34-35,40-42H,12-16,21-22,24-27H2,1-11H3,(H,47,59)(H,48,60)(H,49,56)(H,50,55). The van der Waals surface area contributed by atoms with Gasteiger partial charge in [-0.1, -0.05) is 73.4 Å². The SMILES string of the molecule is CCC(C)C(C(CC=O)OC)N(C)C(=O)CNC(=O)C(C(C)C)N(C)C(=O)OCc1ccc(NC(=O)CNC(=O)C(NC(=O)CCCCCN2C(=O)CC3C(C)C32C)C(C)C)cc1. The molecule has 63 heavy (non-hydrogen) atoms. The molecule has 1 aromatic rings. The number of nitrogens with one attached hydrogen (secondary N) is 4. The highest BCUT2D eigenvalue weighted by atomic mass is 16.6. The van der Waals surface area contributed by atoms with Crippen molar-refractivity contribution in [2.75, 3.05) is 46.2 Å². The van der Waals surface area contributed by atoms with Crippen LogP contribution in [0.5, 0.6) is 0 Å². The van der Waals surface area contributed by atoms with Gasteiger partial charge < -0.3 is 45.3 Å². The Balaban J connectivity index is 1.41. The predicted molar refractivity (Wildman–Crippen MR) is 238 cm³/mol. The first-order valence-corrected chi connectivity index (χ1v) is 22.4. The zero-order chi connectivity index (χ0) is 47.2. The Morgan fingerprint density at radius 2 is 1.56 bits per heavy atom. The number of hydrogen-bond acceptors (Lipinski definition) is 10. The van der Waals surface area contributed by atoms with Gasteiger partial charge in [-0.05, 0) is 67.1 Å². The van der Waals surface area contributed by atoms with Gasteiger partial charge in [0.05, 0.1) is 25.2 Å². The molecule has 8 unspecified atom stereocenters. The number of hydrogen-bond donors (Lipinski definition) is 4. The summed E-state index contributed by atoms with van der Waals surface area (Å²) in [4.78, 5) is 106. The maximum absolute atomic E-state index is 13.3. The maximum atomic E-state index is 13.3. The highest BCUT2D eigenvalue weighted by Gasteiger charge is 2.67. The number of anilines is 1. The first-order chi connectivity index (χ1) is 29.7. The van der Waals surface area contributed by atoms with E-state index in [0.29, 0.717) is 42.5 Å². The average molecular weight is 884 g/mol. The van der Waals surface area contributed by atoms with Gasteiger partial charge in [-0.25, -0.2) is 4.79 Å². The number of fused-ring (bicyclic) bond motifs is 1. The van der Waals surface area contributed by atoms with Crippen molar-refractivity contribution in [3.8, 4) is 0 Å². The van der Waals surface area contributed by atoms with E-state index in [4.69, 9.17) is 9.47 Å². The molecular weight excluding hydrogens is 811 g/mol. The third-order valence-corrected chi connectivity index (χ3v) is 13.1. The molecule has 17 heteroatoms. The summed E-state index contributed by atoms with van der Waals surface area (Å²) < 4.78 is 11.0. The van der Waals surface area contributed by atoms with Crippen LogP contribution >= 0.6 is 0 Å². The van der Waals surface area contributed by atoms with Crippen LogP contribution in [0.4, 0.5) is 10.5 Å². The predicted octanol–water partition coefficient (Wildman–Crippen LogP) is 3.89. The van der Waals surface area contributed by atoms with Crippen molar-refractivity contribution in [2.24, 2.45) is 29.6 Å². The molecule has 1 aromatic carbocycles. The molecule has 7 amide bonds. The van der Waals surface area contributed by atoms with Gasteiger partial charge in [-0.2, -0.15) is 0 Å². The van der Waals surface area contributed by atoms with E-state index in [-0.39, 0.29) is 79.6 Å². The fourth-order valence-corrected chi connectivity index (χ4v) is 8.81. The molecule has 1 aliphatic carbocycles. The van der Waals surface area contributed by atoms with Gasteiger partial charge in [-0.3, -0.25) is 33.7 Å². The largest absolute Gasteiger partial charge is 0.445 e. The first kappa shape index (κ1) is 52.3. The van der Waals surface area contributed by atoms with E-state index >= 15 is 0 Å². The molecular formula is C46H73N7O10. The number of aldehydes is 1. The molecule has 352 valence electrons. The summed E-state index contributed by atoms with van der Waals surface area (Å²) in [5, 5.41) is 10.8. The highest BCUT2D eigenvalue weighted by Crippen LogP contribution is 2.60. The molecule has 1 aliphatic heterocycles. The van der Waals surface area contributed by atoms with Gasteiger partial charge in [0.2, 0.25) is 35.4 Å². The van der Waals surface area contributed by atoms with E-state index in [0.717, 1.165) is 25.5 Å². The molecule has 8 atom stereocenters. The number of benzene rings is 1. The van der Waals surface area contributed by atoms with Crippen LogP contribution in [0.25, 0.3) is 0 Å². The van der Waals surface area contributed by atoms with Crippen molar-refractivity contribution >= 4 is 53.5 Å². The summed E-state index contributed by atoms with van der Waals surface area (Å²) in [6, 6.07) is 4.41. The Labute approximate surface area is 373 Å². The number of carbonyl (C=O) groups is 8. The van der Waals surface area contributed by atoms with Gasteiger partial charge in [0.15, 0.2) is 0 Å². The van der Waals surface area contributed by atoms with Crippen molar-refractivity contribution in [3.63, 3.8) is 0 Å². The zero-order valence-corrected chi connectivity index (χ0v) is 39.3. The van der Waals surface area contributed by atoms with Crippen molar-refractivity contribution in [2.45, 2.75) is 137 Å². The minimum Gasteiger partial charge on any atom is -0.445 e. The summed E-state index contributed by atoms with van der Waals surface area (Å²) in [6.07, 6.45) is 3.51. The van der Waals surface area contributed by atoms with Gasteiger partial charge >= 0.3 is 6.09 Å². The molecule has 3 rings (SSSR count). The monoisotopic (exact) mass is 884 g/mol. The second-order valence-corrected chi connectivity index (χ2v) is 18.1. The van der Waals surface area contributed by atoms with Gasteiger partial charge in [0, 0.05) is 58.2 Å². The molecule has 0 aromatic heterocycles. The number of unbranched alkanes of at least 4 members (excludes halogenated alkanes) is 2. The summed E-state index contributed by atoms with van der Waals surface area (Å²) in [5.41, 5.74) is 1.05. The Hall–Kier alpha value is -5.06. The van der Waals surface area contributed by atoms with Crippen molar-refractivity contribution in [1.82, 2.24) is 30.7 Å². The highest BCUT2D eigenvalue weighted by molar-refractivity contribution is 5.96. The van der Waals surface area contributed by atoms with Crippen LogP contribution in [0.2, 0.25) is 0 Å². The normalized spacial score (nSPS) is 20.1. The first-order valence-electron chi connectivity index (χ1n) is 22.4. The second kappa shape index (κ2) is 24.1. The second-order valence-electron chi connectivity index (χ2n) is 18.1. The summed E-state index contributed by atoms with van der Waals surface area (Å²) >= 11 is 0. The number of likely N-dealkylation sites (tertiary alicyclic amines) is 1. The van der Waals surface area contributed by atoms with Crippen molar-refractivity contribution < 1.29 is 47.8 Å². The number of likely N-dealkylation sites (N-methyl/N-ethyl adjacent to an activating group) is 2. The average Bonchev–Trinajstić information content (AvgIpc) is 3.63. The lowest BCUT2D eigenvalue weighted by Crippen LogP contribution is -2.54. The van der Waals surface area contributed by atoms with Gasteiger partial charge in [-0.15, -0.1) is 0 Å². The number of rotatable bonds is 26. The molecule has 0 bridgehead atoms. The van der Waals surface area contributed by atoms with Crippen LogP contribution in [0.1, 0.15) is 106 Å². The van der Waals surface area contributed by atoms with Crippen LogP contribution < -0.4 is 21.3 Å². The Kier molecular flexibility index (Phi) is 20.0. The summed E-state index contributed by atoms with van der Waals surface area (Å²) in [5.74, 6) is -1.39. The fraction of sp³-hybridized carbons (Fsp3) is 0.696. The minimum absolute atomic E-state index is 0.00700. The molecule has 2 aliphatic rings. The molecule has 2 fully saturated rings. The third kappa shape index (κ3) is 14.0. The Morgan fingerprint density at radius 3 is 2.13 bits per heavy atom. The smallest absolute Gasteiger partial charge is 0.410 e. The zero-order valence-electron chi connectivity index (χ0n) is 39.3. The van der Waals surface area contributed by atoms with Crippen molar-refractivity contribution in [1.29, 1.82) is 0 Å². The minimum atomic E-state index is -0.944. The van der Waals surface area contributed by atoms with E-state index in [1.54, 1.807) is 45.2 Å². The topological polar surface area (TPSA) is 213 Å². The van der Waals surface area contributed by atoms with Crippen LogP contribution in [-0.2, 0) is 49.6 Å².